The summed E-state index contributed by atoms with van der Waals surface area (Å²) in [6.45, 7) is 7.30. The number of nitrogens with one attached hydrogen (secondary N) is 1. The molecule has 0 saturated carbocycles. The number of nitrogens with two attached hydrogens (primary N) is 2. The molecule has 3 heterocycles. The lowest BCUT2D eigenvalue weighted by Crippen LogP contribution is -2.44. The molecule has 0 aliphatic carbocycles. The minimum atomic E-state index is -0.371. The number of benzene rings is 1. The molecular weight excluding hydrogens is 412 g/mol. The molecule has 1 aliphatic rings. The van der Waals surface area contributed by atoms with E-state index in [1.807, 2.05) is 24.4 Å². The largest absolute Gasteiger partial charge is 0.399 e. The molecule has 1 amide bonds. The topological polar surface area (TPSA) is 126 Å². The molecule has 0 spiro atoms. The third-order valence-electron chi connectivity index (χ3n) is 5.05. The number of fused-ring (bicyclic) bond motifs is 1. The molecule has 9 nitrogen and oxygen atoms in total. The minimum Gasteiger partial charge on any atom is -0.399 e. The average Bonchev–Trinajstić information content (AvgIpc) is 2.74. The molecule has 0 bridgehead atoms. The molecule has 1 aromatic carbocycles. The van der Waals surface area contributed by atoms with E-state index in [9.17, 15) is 4.79 Å². The Balaban J connectivity index is 1.70. The van der Waals surface area contributed by atoms with Crippen LogP contribution < -0.4 is 21.7 Å². The van der Waals surface area contributed by atoms with Gasteiger partial charge in [0.15, 0.2) is 5.16 Å². The SMILES string of the molecule is C=CC(=O)Nc1cc(N)nc(Sc2ncc(N3CCN(C)CC3)c3cc(N)ccc23)n1. The van der Waals surface area contributed by atoms with Crippen molar-refractivity contribution in [1.29, 1.82) is 0 Å². The second-order valence-electron chi connectivity index (χ2n) is 7.30. The summed E-state index contributed by atoms with van der Waals surface area (Å²) in [5, 5.41) is 5.72. The van der Waals surface area contributed by atoms with Gasteiger partial charge in [0.25, 0.3) is 0 Å². The molecule has 160 valence electrons. The molecule has 0 unspecified atom stereocenters. The molecule has 5 N–H and O–H groups in total. The number of nitrogen functional groups attached to an aromatic ring is 2. The van der Waals surface area contributed by atoms with Crippen LogP contribution in [0.3, 0.4) is 0 Å². The van der Waals surface area contributed by atoms with Gasteiger partial charge in [-0.2, -0.15) is 0 Å². The number of carbonyl (C=O) groups excluding carboxylic acids is 1. The Hall–Kier alpha value is -3.37. The Morgan fingerprint density at radius 2 is 1.94 bits per heavy atom. The molecular formula is C21H24N8OS. The maximum Gasteiger partial charge on any atom is 0.248 e. The summed E-state index contributed by atoms with van der Waals surface area (Å²) >= 11 is 1.28. The van der Waals surface area contributed by atoms with Crippen molar-refractivity contribution in [3.05, 3.63) is 43.1 Å². The number of anilines is 4. The van der Waals surface area contributed by atoms with Gasteiger partial charge in [0.1, 0.15) is 16.7 Å². The summed E-state index contributed by atoms with van der Waals surface area (Å²) in [5.41, 5.74) is 13.8. The van der Waals surface area contributed by atoms with Gasteiger partial charge in [-0.05, 0) is 43.1 Å². The van der Waals surface area contributed by atoms with E-state index in [0.29, 0.717) is 16.7 Å². The minimum absolute atomic E-state index is 0.250. The Kier molecular flexibility index (Phi) is 5.92. The predicted octanol–water partition coefficient (Wildman–Crippen LogP) is 2.22. The van der Waals surface area contributed by atoms with Crippen LogP contribution >= 0.6 is 11.8 Å². The first kappa shape index (κ1) is 20.9. The van der Waals surface area contributed by atoms with Crippen LogP contribution in [0, 0.1) is 0 Å². The summed E-state index contributed by atoms with van der Waals surface area (Å²) < 4.78 is 0. The number of amides is 1. The van der Waals surface area contributed by atoms with Crippen molar-refractivity contribution in [2.45, 2.75) is 10.2 Å². The number of hydrogen-bond donors (Lipinski definition) is 3. The second-order valence-corrected chi connectivity index (χ2v) is 8.26. The standard InChI is InChI=1S/C21H24N8OS/c1-3-19(30)26-18-11-17(23)25-21(27-18)31-20-14-5-4-13(22)10-15(14)16(12-24-20)29-8-6-28(2)7-9-29/h3-5,10-12H,1,6-9,22H2,2H3,(H3,23,25,26,27,30). The van der Waals surface area contributed by atoms with Crippen LogP contribution in [-0.2, 0) is 4.79 Å². The summed E-state index contributed by atoms with van der Waals surface area (Å²) in [6.07, 6.45) is 3.05. The van der Waals surface area contributed by atoms with Crippen LogP contribution in [0.25, 0.3) is 10.8 Å². The Bertz CT molecular complexity index is 1140. The first-order valence-corrected chi connectivity index (χ1v) is 10.6. The summed E-state index contributed by atoms with van der Waals surface area (Å²) in [5.74, 6) is 0.187. The number of nitrogens with zero attached hydrogens (tertiary/aromatic N) is 5. The zero-order valence-corrected chi connectivity index (χ0v) is 18.0. The Morgan fingerprint density at radius 1 is 1.16 bits per heavy atom. The van der Waals surface area contributed by atoms with Crippen molar-refractivity contribution in [3.63, 3.8) is 0 Å². The van der Waals surface area contributed by atoms with Gasteiger partial charge in [-0.25, -0.2) is 15.0 Å². The lowest BCUT2D eigenvalue weighted by Gasteiger charge is -2.34. The van der Waals surface area contributed by atoms with Gasteiger partial charge in [-0.3, -0.25) is 4.79 Å². The average molecular weight is 437 g/mol. The zero-order valence-electron chi connectivity index (χ0n) is 17.2. The molecule has 3 aromatic rings. The third kappa shape index (κ3) is 4.70. The number of likely N-dealkylation sites (N-methyl/N-ethyl adjacent to an activating group) is 1. The Labute approximate surface area is 184 Å². The number of rotatable bonds is 5. The molecule has 10 heteroatoms. The fourth-order valence-electron chi connectivity index (χ4n) is 3.42. The second kappa shape index (κ2) is 8.78. The quantitative estimate of drug-likeness (QED) is 0.313. The third-order valence-corrected chi connectivity index (χ3v) is 5.93. The molecule has 0 atom stereocenters. The van der Waals surface area contributed by atoms with E-state index in [1.54, 1.807) is 0 Å². The highest BCUT2D eigenvalue weighted by Crippen LogP contribution is 2.36. The van der Waals surface area contributed by atoms with E-state index in [4.69, 9.17) is 16.5 Å². The maximum atomic E-state index is 11.6. The number of pyridine rings is 1. The van der Waals surface area contributed by atoms with Gasteiger partial charge in [0.05, 0.1) is 11.9 Å². The lowest BCUT2D eigenvalue weighted by molar-refractivity contribution is -0.111. The number of hydrogen-bond acceptors (Lipinski definition) is 9. The van der Waals surface area contributed by atoms with Gasteiger partial charge in [0.2, 0.25) is 5.91 Å². The number of carbonyl (C=O) groups is 1. The van der Waals surface area contributed by atoms with Crippen molar-refractivity contribution < 1.29 is 4.79 Å². The summed E-state index contributed by atoms with van der Waals surface area (Å²) in [4.78, 5) is 29.6. The van der Waals surface area contributed by atoms with Crippen molar-refractivity contribution in [2.75, 3.05) is 54.9 Å². The predicted molar refractivity (Wildman–Crippen MR) is 125 cm³/mol. The van der Waals surface area contributed by atoms with Crippen molar-refractivity contribution in [1.82, 2.24) is 19.9 Å². The van der Waals surface area contributed by atoms with E-state index in [1.165, 1.54) is 23.9 Å². The van der Waals surface area contributed by atoms with E-state index < -0.39 is 0 Å². The zero-order chi connectivity index (χ0) is 22.0. The fourth-order valence-corrected chi connectivity index (χ4v) is 4.28. The van der Waals surface area contributed by atoms with Crippen LogP contribution in [0.1, 0.15) is 0 Å². The number of aromatic nitrogens is 3. The van der Waals surface area contributed by atoms with Crippen LogP contribution in [-0.4, -0.2) is 59.0 Å². The highest BCUT2D eigenvalue weighted by molar-refractivity contribution is 7.99. The van der Waals surface area contributed by atoms with Gasteiger partial charge in [-0.15, -0.1) is 0 Å². The van der Waals surface area contributed by atoms with Crippen LogP contribution in [0.15, 0.2) is 53.3 Å². The van der Waals surface area contributed by atoms with Gasteiger partial charge >= 0.3 is 0 Å². The molecule has 1 saturated heterocycles. The summed E-state index contributed by atoms with van der Waals surface area (Å²) in [7, 11) is 2.13. The molecule has 4 rings (SSSR count). The normalized spacial score (nSPS) is 14.5. The number of piperazine rings is 1. The highest BCUT2D eigenvalue weighted by atomic mass is 32.2. The van der Waals surface area contributed by atoms with Crippen LogP contribution in [0.5, 0.6) is 0 Å². The first-order chi connectivity index (χ1) is 14.9. The van der Waals surface area contributed by atoms with Crippen molar-refractivity contribution in [2.24, 2.45) is 0 Å². The van der Waals surface area contributed by atoms with Crippen LogP contribution in [0.2, 0.25) is 0 Å². The molecule has 31 heavy (non-hydrogen) atoms. The first-order valence-electron chi connectivity index (χ1n) is 9.80. The van der Waals surface area contributed by atoms with Gasteiger partial charge in [0, 0.05) is 48.7 Å². The monoisotopic (exact) mass is 436 g/mol. The Morgan fingerprint density at radius 3 is 2.68 bits per heavy atom. The van der Waals surface area contributed by atoms with E-state index in [-0.39, 0.29) is 11.7 Å². The molecule has 1 fully saturated rings. The molecule has 1 aliphatic heterocycles. The summed E-state index contributed by atoms with van der Waals surface area (Å²) in [6, 6.07) is 7.29. The maximum absolute atomic E-state index is 11.6. The van der Waals surface area contributed by atoms with Crippen LogP contribution in [0.4, 0.5) is 23.0 Å². The van der Waals surface area contributed by atoms with E-state index in [2.05, 4.69) is 38.7 Å². The smallest absolute Gasteiger partial charge is 0.248 e. The van der Waals surface area contributed by atoms with Gasteiger partial charge in [-0.1, -0.05) is 6.58 Å². The lowest BCUT2D eigenvalue weighted by atomic mass is 10.1. The van der Waals surface area contributed by atoms with Crippen molar-refractivity contribution >= 4 is 51.5 Å². The fraction of sp³-hybridized carbons (Fsp3) is 0.238. The molecule has 0 radical (unpaired) electrons. The van der Waals surface area contributed by atoms with E-state index in [0.717, 1.165) is 47.7 Å². The van der Waals surface area contributed by atoms with Gasteiger partial charge < -0.3 is 26.6 Å². The highest BCUT2D eigenvalue weighted by Gasteiger charge is 2.19. The van der Waals surface area contributed by atoms with E-state index >= 15 is 0 Å². The molecule has 2 aromatic heterocycles. The van der Waals surface area contributed by atoms with Crippen molar-refractivity contribution in [3.8, 4) is 0 Å².